The maximum absolute atomic E-state index is 13.2. The van der Waals surface area contributed by atoms with Crippen LogP contribution in [0.1, 0.15) is 55.1 Å². The van der Waals surface area contributed by atoms with E-state index in [0.717, 1.165) is 18.4 Å². The maximum Gasteiger partial charge on any atom is 0.257 e. The minimum absolute atomic E-state index is 0.0653. The number of sulfonamides is 1. The van der Waals surface area contributed by atoms with Gasteiger partial charge in [-0.2, -0.15) is 0 Å². The van der Waals surface area contributed by atoms with E-state index in [9.17, 15) is 13.2 Å². The standard InChI is InChI=1S/C23H30N2O4S/c1-17(2)15-21(18-9-5-4-6-10-18)24-30(27,28)19-11-12-22(29-3)20(16-19)23(26)25-13-7-8-14-25/h4-6,9-12,16-17,21,24H,7-8,13-15H2,1-3H3/t21-/m0/s1. The van der Waals surface area contributed by atoms with Crippen LogP contribution in [-0.4, -0.2) is 39.4 Å². The Bertz CT molecular complexity index is 968. The highest BCUT2D eigenvalue weighted by atomic mass is 32.2. The normalized spacial score (nSPS) is 15.4. The van der Waals surface area contributed by atoms with Crippen molar-refractivity contribution in [1.82, 2.24) is 9.62 Å². The van der Waals surface area contributed by atoms with E-state index in [0.29, 0.717) is 31.2 Å². The summed E-state index contributed by atoms with van der Waals surface area (Å²) in [7, 11) is -2.35. The lowest BCUT2D eigenvalue weighted by atomic mass is 9.98. The minimum atomic E-state index is -3.83. The monoisotopic (exact) mass is 430 g/mol. The first kappa shape index (κ1) is 22.3. The molecule has 162 valence electrons. The van der Waals surface area contributed by atoms with Crippen LogP contribution in [0.3, 0.4) is 0 Å². The van der Waals surface area contributed by atoms with Crippen LogP contribution in [0.4, 0.5) is 0 Å². The van der Waals surface area contributed by atoms with Crippen LogP contribution in [0.15, 0.2) is 53.4 Å². The molecule has 1 N–H and O–H groups in total. The van der Waals surface area contributed by atoms with Crippen molar-refractivity contribution in [3.63, 3.8) is 0 Å². The van der Waals surface area contributed by atoms with Crippen LogP contribution >= 0.6 is 0 Å². The molecule has 30 heavy (non-hydrogen) atoms. The van der Waals surface area contributed by atoms with Gasteiger partial charge in [0.25, 0.3) is 5.91 Å². The lowest BCUT2D eigenvalue weighted by molar-refractivity contribution is 0.0789. The van der Waals surface area contributed by atoms with Gasteiger partial charge in [0.2, 0.25) is 10.0 Å². The van der Waals surface area contributed by atoms with Crippen molar-refractivity contribution < 1.29 is 17.9 Å². The maximum atomic E-state index is 13.2. The molecule has 0 aromatic heterocycles. The Morgan fingerprint density at radius 3 is 2.37 bits per heavy atom. The van der Waals surface area contributed by atoms with Gasteiger partial charge in [-0.25, -0.2) is 13.1 Å². The summed E-state index contributed by atoms with van der Waals surface area (Å²) in [6.45, 7) is 5.48. The van der Waals surface area contributed by atoms with E-state index in [1.54, 1.807) is 11.0 Å². The molecule has 0 aliphatic carbocycles. The molecule has 2 aromatic rings. The summed E-state index contributed by atoms with van der Waals surface area (Å²) in [5.41, 5.74) is 1.19. The fraction of sp³-hybridized carbons (Fsp3) is 0.435. The fourth-order valence-electron chi connectivity index (χ4n) is 3.78. The van der Waals surface area contributed by atoms with Crippen molar-refractivity contribution in [3.05, 3.63) is 59.7 Å². The second-order valence-corrected chi connectivity index (χ2v) is 9.79. The average molecular weight is 431 g/mol. The average Bonchev–Trinajstić information content (AvgIpc) is 3.27. The van der Waals surface area contributed by atoms with E-state index in [-0.39, 0.29) is 22.4 Å². The summed E-state index contributed by atoms with van der Waals surface area (Å²) in [4.78, 5) is 14.7. The predicted molar refractivity (Wildman–Crippen MR) is 117 cm³/mol. The van der Waals surface area contributed by atoms with Gasteiger partial charge in [0.15, 0.2) is 0 Å². The molecule has 1 amide bonds. The molecule has 1 aliphatic rings. The third-order valence-electron chi connectivity index (χ3n) is 5.31. The highest BCUT2D eigenvalue weighted by molar-refractivity contribution is 7.89. The van der Waals surface area contributed by atoms with Crippen LogP contribution in [0, 0.1) is 5.92 Å². The number of benzene rings is 2. The predicted octanol–water partition coefficient (Wildman–Crippen LogP) is 4.00. The van der Waals surface area contributed by atoms with Crippen molar-refractivity contribution in [1.29, 1.82) is 0 Å². The molecule has 2 aromatic carbocycles. The number of rotatable bonds is 8. The van der Waals surface area contributed by atoms with E-state index in [4.69, 9.17) is 4.74 Å². The van der Waals surface area contributed by atoms with E-state index in [1.165, 1.54) is 19.2 Å². The van der Waals surface area contributed by atoms with E-state index in [2.05, 4.69) is 18.6 Å². The van der Waals surface area contributed by atoms with Gasteiger partial charge in [0.05, 0.1) is 17.6 Å². The van der Waals surface area contributed by atoms with Gasteiger partial charge < -0.3 is 9.64 Å². The first-order valence-corrected chi connectivity index (χ1v) is 11.8. The highest BCUT2D eigenvalue weighted by Crippen LogP contribution is 2.28. The van der Waals surface area contributed by atoms with Gasteiger partial charge in [0, 0.05) is 19.1 Å². The zero-order valence-electron chi connectivity index (χ0n) is 17.8. The first-order chi connectivity index (χ1) is 14.3. The van der Waals surface area contributed by atoms with Gasteiger partial charge >= 0.3 is 0 Å². The Labute approximate surface area is 179 Å². The molecule has 1 heterocycles. The van der Waals surface area contributed by atoms with Gasteiger partial charge in [-0.15, -0.1) is 0 Å². The Morgan fingerprint density at radius 1 is 1.10 bits per heavy atom. The van der Waals surface area contributed by atoms with Crippen LogP contribution < -0.4 is 9.46 Å². The van der Waals surface area contributed by atoms with Gasteiger partial charge in [-0.1, -0.05) is 44.2 Å². The number of methoxy groups -OCH3 is 1. The topological polar surface area (TPSA) is 75.7 Å². The summed E-state index contributed by atoms with van der Waals surface area (Å²) in [6.07, 6.45) is 2.59. The second kappa shape index (κ2) is 9.62. The molecule has 0 unspecified atom stereocenters. The SMILES string of the molecule is COc1ccc(S(=O)(=O)N[C@@H](CC(C)C)c2ccccc2)cc1C(=O)N1CCCC1. The molecule has 0 bridgehead atoms. The number of nitrogens with zero attached hydrogens (tertiary/aromatic N) is 1. The summed E-state index contributed by atoms with van der Waals surface area (Å²) < 4.78 is 34.6. The van der Waals surface area contributed by atoms with Crippen LogP contribution in [0.5, 0.6) is 5.75 Å². The van der Waals surface area contributed by atoms with Crippen LogP contribution in [-0.2, 0) is 10.0 Å². The molecular weight excluding hydrogens is 400 g/mol. The molecular formula is C23H30N2O4S. The summed E-state index contributed by atoms with van der Waals surface area (Å²) in [5.74, 6) is 0.497. The van der Waals surface area contributed by atoms with Gasteiger partial charge in [-0.3, -0.25) is 4.79 Å². The molecule has 1 saturated heterocycles. The number of hydrogen-bond acceptors (Lipinski definition) is 4. The molecule has 6 nitrogen and oxygen atoms in total. The smallest absolute Gasteiger partial charge is 0.257 e. The number of ether oxygens (including phenoxy) is 1. The van der Waals surface area contributed by atoms with Crippen molar-refractivity contribution >= 4 is 15.9 Å². The lowest BCUT2D eigenvalue weighted by Gasteiger charge is -2.22. The van der Waals surface area contributed by atoms with Crippen LogP contribution in [0.25, 0.3) is 0 Å². The van der Waals surface area contributed by atoms with Gasteiger partial charge in [-0.05, 0) is 48.9 Å². The third-order valence-corrected chi connectivity index (χ3v) is 6.78. The number of carbonyl (C=O) groups excluding carboxylic acids is 1. The zero-order valence-corrected chi connectivity index (χ0v) is 18.6. The summed E-state index contributed by atoms with van der Waals surface area (Å²) in [6, 6.07) is 13.7. The van der Waals surface area contributed by atoms with Gasteiger partial charge in [0.1, 0.15) is 5.75 Å². The van der Waals surface area contributed by atoms with E-state index >= 15 is 0 Å². The third kappa shape index (κ3) is 5.21. The van der Waals surface area contributed by atoms with E-state index < -0.39 is 10.0 Å². The molecule has 1 fully saturated rings. The van der Waals surface area contributed by atoms with Crippen molar-refractivity contribution in [2.24, 2.45) is 5.92 Å². The van der Waals surface area contributed by atoms with Crippen molar-refractivity contribution in [2.45, 2.75) is 44.0 Å². The number of hydrogen-bond donors (Lipinski definition) is 1. The quantitative estimate of drug-likeness (QED) is 0.687. The highest BCUT2D eigenvalue weighted by Gasteiger charge is 2.27. The Hall–Kier alpha value is -2.38. The van der Waals surface area contributed by atoms with Crippen molar-refractivity contribution in [2.75, 3.05) is 20.2 Å². The number of carbonyl (C=O) groups is 1. The number of nitrogens with one attached hydrogen (secondary N) is 1. The fourth-order valence-corrected chi connectivity index (χ4v) is 5.04. The molecule has 1 atom stereocenters. The molecule has 1 aliphatic heterocycles. The lowest BCUT2D eigenvalue weighted by Crippen LogP contribution is -2.31. The van der Waals surface area contributed by atoms with Crippen molar-refractivity contribution in [3.8, 4) is 5.75 Å². The Kier molecular flexibility index (Phi) is 7.15. The van der Waals surface area contributed by atoms with E-state index in [1.807, 2.05) is 30.3 Å². The number of likely N-dealkylation sites (tertiary alicyclic amines) is 1. The molecule has 0 spiro atoms. The molecule has 0 saturated carbocycles. The second-order valence-electron chi connectivity index (χ2n) is 8.08. The summed E-state index contributed by atoms with van der Waals surface area (Å²) in [5, 5.41) is 0. The molecule has 7 heteroatoms. The van der Waals surface area contributed by atoms with Crippen LogP contribution in [0.2, 0.25) is 0 Å². The summed E-state index contributed by atoms with van der Waals surface area (Å²) >= 11 is 0. The largest absolute Gasteiger partial charge is 0.496 e. The Balaban J connectivity index is 1.92. The molecule has 0 radical (unpaired) electrons. The Morgan fingerprint density at radius 2 is 1.77 bits per heavy atom. The first-order valence-electron chi connectivity index (χ1n) is 10.4. The molecule has 3 rings (SSSR count). The zero-order chi connectivity index (χ0) is 21.7. The number of amides is 1. The minimum Gasteiger partial charge on any atom is -0.496 e.